The van der Waals surface area contributed by atoms with E-state index in [-0.39, 0.29) is 11.4 Å². The van der Waals surface area contributed by atoms with Crippen LogP contribution in [0.25, 0.3) is 0 Å². The quantitative estimate of drug-likeness (QED) is 0.920. The maximum atomic E-state index is 13.4. The number of benzene rings is 1. The molecule has 1 N–H and O–H groups in total. The second kappa shape index (κ2) is 6.00. The van der Waals surface area contributed by atoms with Gasteiger partial charge in [-0.05, 0) is 30.7 Å². The fourth-order valence-electron chi connectivity index (χ4n) is 1.54. The predicted octanol–water partition coefficient (Wildman–Crippen LogP) is 3.06. The Balaban J connectivity index is 2.01. The molecule has 19 heavy (non-hydrogen) atoms. The fourth-order valence-corrected chi connectivity index (χ4v) is 3.73. The monoisotopic (exact) mass is 319 g/mol. The zero-order valence-electron chi connectivity index (χ0n) is 9.77. The van der Waals surface area contributed by atoms with Crippen LogP contribution in [0.3, 0.4) is 0 Å². The summed E-state index contributed by atoms with van der Waals surface area (Å²) in [4.78, 5) is 0.639. The van der Waals surface area contributed by atoms with E-state index in [0.717, 1.165) is 10.9 Å². The van der Waals surface area contributed by atoms with E-state index < -0.39 is 15.8 Å². The van der Waals surface area contributed by atoms with Crippen molar-refractivity contribution in [2.24, 2.45) is 0 Å². The van der Waals surface area contributed by atoms with Crippen LogP contribution in [0.1, 0.15) is 4.88 Å². The van der Waals surface area contributed by atoms with E-state index in [9.17, 15) is 12.8 Å². The number of hydrogen-bond donors (Lipinski definition) is 1. The molecular weight excluding hydrogens is 309 g/mol. The number of rotatable bonds is 5. The van der Waals surface area contributed by atoms with Gasteiger partial charge in [0.15, 0.2) is 0 Å². The minimum Gasteiger partial charge on any atom is -0.211 e. The zero-order chi connectivity index (χ0) is 13.9. The zero-order valence-corrected chi connectivity index (χ0v) is 12.2. The Labute approximate surface area is 120 Å². The van der Waals surface area contributed by atoms with E-state index in [1.54, 1.807) is 6.07 Å². The lowest BCUT2D eigenvalue weighted by Gasteiger charge is -2.06. The van der Waals surface area contributed by atoms with Crippen molar-refractivity contribution in [3.8, 4) is 0 Å². The first-order valence-corrected chi connectivity index (χ1v) is 8.15. The lowest BCUT2D eigenvalue weighted by Crippen LogP contribution is -2.26. The molecule has 1 aromatic heterocycles. The molecule has 7 heteroatoms. The summed E-state index contributed by atoms with van der Waals surface area (Å²) in [5.74, 6) is -0.755. The SMILES string of the molecule is O=S(=O)(NCCc1ccc(Cl)s1)c1ccccc1F. The molecule has 0 aliphatic carbocycles. The van der Waals surface area contributed by atoms with Crippen LogP contribution in [0.5, 0.6) is 0 Å². The fraction of sp³-hybridized carbons (Fsp3) is 0.167. The summed E-state index contributed by atoms with van der Waals surface area (Å²) in [5.41, 5.74) is 0. The highest BCUT2D eigenvalue weighted by Crippen LogP contribution is 2.21. The molecule has 1 heterocycles. The van der Waals surface area contributed by atoms with Gasteiger partial charge < -0.3 is 0 Å². The normalized spacial score (nSPS) is 11.7. The standard InChI is InChI=1S/C12H11ClFNO2S2/c13-12-6-5-9(18-12)7-8-15-19(16,17)11-4-2-1-3-10(11)14/h1-6,15H,7-8H2. The Bertz CT molecular complexity index is 670. The Morgan fingerprint density at radius 1 is 1.21 bits per heavy atom. The molecule has 0 radical (unpaired) electrons. The molecule has 2 aromatic rings. The van der Waals surface area contributed by atoms with Crippen molar-refractivity contribution < 1.29 is 12.8 Å². The summed E-state index contributed by atoms with van der Waals surface area (Å²) < 4.78 is 40.2. The van der Waals surface area contributed by atoms with E-state index in [0.29, 0.717) is 10.8 Å². The first-order chi connectivity index (χ1) is 8.99. The minimum absolute atomic E-state index is 0.202. The van der Waals surface area contributed by atoms with Crippen LogP contribution in [0.2, 0.25) is 4.34 Å². The van der Waals surface area contributed by atoms with Gasteiger partial charge in [0.2, 0.25) is 10.0 Å². The van der Waals surface area contributed by atoms with Crippen molar-refractivity contribution >= 4 is 33.0 Å². The van der Waals surface area contributed by atoms with Crippen molar-refractivity contribution in [1.82, 2.24) is 4.72 Å². The Hall–Kier alpha value is -0.950. The molecular formula is C12H11ClFNO2S2. The molecule has 2 rings (SSSR count). The second-order valence-electron chi connectivity index (χ2n) is 3.78. The van der Waals surface area contributed by atoms with Gasteiger partial charge in [-0.15, -0.1) is 11.3 Å². The summed E-state index contributed by atoms with van der Waals surface area (Å²) >= 11 is 7.17. The smallest absolute Gasteiger partial charge is 0.211 e. The first-order valence-electron chi connectivity index (χ1n) is 5.47. The average molecular weight is 320 g/mol. The molecule has 0 saturated heterocycles. The van der Waals surface area contributed by atoms with Gasteiger partial charge in [-0.25, -0.2) is 17.5 Å². The molecule has 0 bridgehead atoms. The van der Waals surface area contributed by atoms with E-state index in [1.165, 1.54) is 29.5 Å². The third-order valence-corrected chi connectivity index (χ3v) is 5.20. The summed E-state index contributed by atoms with van der Waals surface area (Å²) in [5, 5.41) is 0. The van der Waals surface area contributed by atoms with Gasteiger partial charge in [-0.1, -0.05) is 23.7 Å². The van der Waals surface area contributed by atoms with Crippen LogP contribution < -0.4 is 4.72 Å². The van der Waals surface area contributed by atoms with Crippen LogP contribution in [0.4, 0.5) is 4.39 Å². The number of thiophene rings is 1. The van der Waals surface area contributed by atoms with Crippen LogP contribution in [0, 0.1) is 5.82 Å². The van der Waals surface area contributed by atoms with E-state index >= 15 is 0 Å². The lowest BCUT2D eigenvalue weighted by atomic mass is 10.3. The molecule has 0 unspecified atom stereocenters. The van der Waals surface area contributed by atoms with Gasteiger partial charge in [-0.2, -0.15) is 0 Å². The number of halogens is 2. The van der Waals surface area contributed by atoms with Gasteiger partial charge in [0, 0.05) is 11.4 Å². The largest absolute Gasteiger partial charge is 0.243 e. The molecule has 0 spiro atoms. The maximum absolute atomic E-state index is 13.4. The van der Waals surface area contributed by atoms with Gasteiger partial charge in [0.25, 0.3) is 0 Å². The molecule has 0 amide bonds. The highest BCUT2D eigenvalue weighted by atomic mass is 35.5. The maximum Gasteiger partial charge on any atom is 0.243 e. The number of sulfonamides is 1. The van der Waals surface area contributed by atoms with E-state index in [4.69, 9.17) is 11.6 Å². The lowest BCUT2D eigenvalue weighted by molar-refractivity contribution is 0.557. The van der Waals surface area contributed by atoms with Gasteiger partial charge in [-0.3, -0.25) is 0 Å². The molecule has 0 saturated carbocycles. The van der Waals surface area contributed by atoms with Crippen LogP contribution in [-0.4, -0.2) is 15.0 Å². The van der Waals surface area contributed by atoms with E-state index in [1.807, 2.05) is 6.07 Å². The molecule has 0 aliphatic rings. The summed E-state index contributed by atoms with van der Waals surface area (Å²) in [6, 6.07) is 8.88. The Kier molecular flexibility index (Phi) is 4.57. The third-order valence-electron chi connectivity index (χ3n) is 2.42. The van der Waals surface area contributed by atoms with Crippen molar-refractivity contribution in [3.05, 3.63) is 51.4 Å². The highest BCUT2D eigenvalue weighted by molar-refractivity contribution is 7.89. The van der Waals surface area contributed by atoms with Crippen molar-refractivity contribution in [2.75, 3.05) is 6.54 Å². The van der Waals surface area contributed by atoms with Crippen LogP contribution in [0.15, 0.2) is 41.3 Å². The number of hydrogen-bond acceptors (Lipinski definition) is 3. The van der Waals surface area contributed by atoms with Crippen molar-refractivity contribution in [3.63, 3.8) is 0 Å². The molecule has 0 atom stereocenters. The van der Waals surface area contributed by atoms with E-state index in [2.05, 4.69) is 4.72 Å². The Morgan fingerprint density at radius 2 is 1.95 bits per heavy atom. The molecule has 102 valence electrons. The minimum atomic E-state index is -3.81. The van der Waals surface area contributed by atoms with Crippen molar-refractivity contribution in [1.29, 1.82) is 0 Å². The summed E-state index contributed by atoms with van der Waals surface area (Å²) in [7, 11) is -3.81. The van der Waals surface area contributed by atoms with Crippen LogP contribution in [-0.2, 0) is 16.4 Å². The molecule has 0 fully saturated rings. The van der Waals surface area contributed by atoms with Gasteiger partial charge in [0.05, 0.1) is 4.34 Å². The van der Waals surface area contributed by atoms with Crippen molar-refractivity contribution in [2.45, 2.75) is 11.3 Å². The van der Waals surface area contributed by atoms with Crippen LogP contribution >= 0.6 is 22.9 Å². The molecule has 3 nitrogen and oxygen atoms in total. The topological polar surface area (TPSA) is 46.2 Å². The summed E-state index contributed by atoms with van der Waals surface area (Å²) in [6.07, 6.45) is 0.519. The van der Waals surface area contributed by atoms with Gasteiger partial charge in [0.1, 0.15) is 10.7 Å². The molecule has 0 aliphatic heterocycles. The highest BCUT2D eigenvalue weighted by Gasteiger charge is 2.17. The predicted molar refractivity (Wildman–Crippen MR) is 74.6 cm³/mol. The third kappa shape index (κ3) is 3.76. The van der Waals surface area contributed by atoms with Gasteiger partial charge >= 0.3 is 0 Å². The second-order valence-corrected chi connectivity index (χ2v) is 7.32. The summed E-state index contributed by atoms with van der Waals surface area (Å²) in [6.45, 7) is 0.202. The average Bonchev–Trinajstić information content (AvgIpc) is 2.75. The first kappa shape index (κ1) is 14.5. The number of nitrogens with one attached hydrogen (secondary N) is 1. The molecule has 1 aromatic carbocycles. The Morgan fingerprint density at radius 3 is 2.58 bits per heavy atom.